The van der Waals surface area contributed by atoms with Gasteiger partial charge in [0, 0.05) is 34.9 Å². The van der Waals surface area contributed by atoms with Crippen LogP contribution in [0.1, 0.15) is 27.8 Å². The van der Waals surface area contributed by atoms with E-state index in [1.54, 1.807) is 30.3 Å². The molecule has 0 saturated carbocycles. The molecule has 0 aliphatic heterocycles. The van der Waals surface area contributed by atoms with E-state index in [0.717, 1.165) is 17.7 Å². The maximum atomic E-state index is 13.0. The van der Waals surface area contributed by atoms with Crippen molar-refractivity contribution in [3.05, 3.63) is 169 Å². The summed E-state index contributed by atoms with van der Waals surface area (Å²) in [5.41, 5.74) is 2.25. The van der Waals surface area contributed by atoms with Gasteiger partial charge < -0.3 is 23.7 Å². The van der Waals surface area contributed by atoms with Crippen molar-refractivity contribution in [2.45, 2.75) is 0 Å². The van der Waals surface area contributed by atoms with Gasteiger partial charge in [-0.3, -0.25) is 0 Å². The third kappa shape index (κ3) is 11.9. The molecule has 0 fully saturated rings. The fraction of sp³-hybridized carbons (Fsp3) is 0.0233. The number of hydrogen-bond acceptors (Lipinski definition) is 9. The molecule has 0 spiro atoms. The van der Waals surface area contributed by atoms with Gasteiger partial charge in [-0.2, -0.15) is 8.78 Å². The van der Waals surface area contributed by atoms with Crippen molar-refractivity contribution in [2.75, 3.05) is 6.61 Å². The van der Waals surface area contributed by atoms with Gasteiger partial charge in [0.2, 0.25) is 11.7 Å². The lowest BCUT2D eigenvalue weighted by molar-refractivity contribution is -0.132. The fourth-order valence-corrected chi connectivity index (χ4v) is 4.09. The van der Waals surface area contributed by atoms with Crippen LogP contribution >= 0.6 is 0 Å². The van der Waals surface area contributed by atoms with Gasteiger partial charge in [-0.05, 0) is 72.3 Å². The third-order valence-corrected chi connectivity index (χ3v) is 6.59. The fourth-order valence-electron chi connectivity index (χ4n) is 4.09. The molecule has 4 aromatic carbocycles. The van der Waals surface area contributed by atoms with E-state index in [1.165, 1.54) is 48.5 Å². The Balaban J connectivity index is 1.53. The average molecular weight is 727 g/mol. The first kappa shape index (κ1) is 39.0. The minimum Gasteiger partial charge on any atom is -0.489 e. The highest BCUT2D eigenvalue weighted by Crippen LogP contribution is 2.31. The van der Waals surface area contributed by atoms with Crippen molar-refractivity contribution in [3.8, 4) is 52.4 Å². The predicted octanol–water partition coefficient (Wildman–Crippen LogP) is 7.54. The van der Waals surface area contributed by atoms with Crippen LogP contribution in [0.2, 0.25) is 0 Å². The first-order chi connectivity index (χ1) is 25.9. The van der Waals surface area contributed by atoms with Gasteiger partial charge in [-0.1, -0.05) is 74.3 Å². The minimum absolute atomic E-state index is 0.0366. The lowest BCUT2D eigenvalue weighted by Crippen LogP contribution is -2.09. The molecule has 0 aromatic heterocycles. The summed E-state index contributed by atoms with van der Waals surface area (Å²) >= 11 is 0. The molecule has 0 aliphatic carbocycles. The summed E-state index contributed by atoms with van der Waals surface area (Å²) in [6.45, 7) is 12.8. The second-order valence-corrected chi connectivity index (χ2v) is 10.5. The van der Waals surface area contributed by atoms with Gasteiger partial charge in [-0.25, -0.2) is 19.2 Å². The molecule has 4 rings (SSSR count). The van der Waals surface area contributed by atoms with Crippen LogP contribution in [-0.4, -0.2) is 30.5 Å². The monoisotopic (exact) mass is 726 g/mol. The van der Waals surface area contributed by atoms with E-state index < -0.39 is 35.5 Å². The van der Waals surface area contributed by atoms with Crippen molar-refractivity contribution in [2.24, 2.45) is 0 Å². The quantitative estimate of drug-likeness (QED) is 0.0633. The maximum Gasteiger partial charge on any atom is 0.371 e. The number of carbonyl (C=O) groups excluding carboxylic acids is 4. The van der Waals surface area contributed by atoms with Crippen LogP contribution < -0.4 is 23.7 Å². The zero-order valence-corrected chi connectivity index (χ0v) is 28.4. The van der Waals surface area contributed by atoms with E-state index >= 15 is 0 Å². The summed E-state index contributed by atoms with van der Waals surface area (Å²) in [5, 5.41) is 0. The lowest BCUT2D eigenvalue weighted by atomic mass is 10.1. The topological polar surface area (TPSA) is 114 Å². The average Bonchev–Trinajstić information content (AvgIpc) is 3.16. The van der Waals surface area contributed by atoms with Gasteiger partial charge >= 0.3 is 23.9 Å². The highest BCUT2D eigenvalue weighted by Gasteiger charge is 2.16. The van der Waals surface area contributed by atoms with Crippen molar-refractivity contribution in [3.63, 3.8) is 0 Å². The number of hydrogen-bond donors (Lipinski definition) is 0. The zero-order valence-electron chi connectivity index (χ0n) is 28.4. The predicted molar refractivity (Wildman–Crippen MR) is 196 cm³/mol. The number of ether oxygens (including phenoxy) is 5. The van der Waals surface area contributed by atoms with E-state index in [0.29, 0.717) is 22.4 Å². The first-order valence-electron chi connectivity index (χ1n) is 15.6. The van der Waals surface area contributed by atoms with E-state index in [9.17, 15) is 28.0 Å². The smallest absolute Gasteiger partial charge is 0.371 e. The Labute approximate surface area is 309 Å². The van der Waals surface area contributed by atoms with Crippen LogP contribution in [0.5, 0.6) is 28.7 Å². The van der Waals surface area contributed by atoms with Crippen molar-refractivity contribution in [1.29, 1.82) is 0 Å². The Hall–Kier alpha value is -7.76. The Bertz CT molecular complexity index is 2250. The molecule has 0 bridgehead atoms. The highest BCUT2D eigenvalue weighted by molar-refractivity contribution is 5.88. The second kappa shape index (κ2) is 19.0. The Morgan fingerprint density at radius 3 is 1.65 bits per heavy atom. The normalized spacial score (nSPS) is 9.96. The largest absolute Gasteiger partial charge is 0.489 e. The molecule has 0 amide bonds. The van der Waals surface area contributed by atoms with Gasteiger partial charge in [0.1, 0.15) is 29.4 Å². The second-order valence-electron chi connectivity index (χ2n) is 10.5. The Morgan fingerprint density at radius 1 is 0.593 bits per heavy atom. The maximum absolute atomic E-state index is 13.0. The molecule has 54 heavy (non-hydrogen) atoms. The number of esters is 4. The number of halogens is 2. The lowest BCUT2D eigenvalue weighted by Gasteiger charge is -2.11. The third-order valence-electron chi connectivity index (χ3n) is 6.59. The van der Waals surface area contributed by atoms with E-state index in [-0.39, 0.29) is 35.2 Å². The molecule has 0 aliphatic rings. The molecule has 11 heteroatoms. The summed E-state index contributed by atoms with van der Waals surface area (Å²) in [6, 6.07) is 22.0. The Morgan fingerprint density at radius 2 is 1.09 bits per heavy atom. The molecular formula is C43H28F2O9. The minimum atomic E-state index is -1.25. The van der Waals surface area contributed by atoms with Gasteiger partial charge in [0.05, 0.1) is 0 Å². The van der Waals surface area contributed by atoms with Gasteiger partial charge in [0.15, 0.2) is 11.5 Å². The molecule has 9 nitrogen and oxygen atoms in total. The molecular weight excluding hydrogens is 698 g/mol. The summed E-state index contributed by atoms with van der Waals surface area (Å²) in [7, 11) is 0. The molecule has 268 valence electrons. The number of rotatable bonds is 12. The van der Waals surface area contributed by atoms with Crippen LogP contribution in [0.3, 0.4) is 0 Å². The van der Waals surface area contributed by atoms with E-state index in [1.807, 2.05) is 18.2 Å². The molecule has 0 heterocycles. The van der Waals surface area contributed by atoms with Crippen LogP contribution in [0.4, 0.5) is 8.78 Å². The molecule has 0 saturated heterocycles. The number of carbonyl (C=O) groups is 4. The van der Waals surface area contributed by atoms with E-state index in [2.05, 4.69) is 50.0 Å². The van der Waals surface area contributed by atoms with Crippen LogP contribution in [0.25, 0.3) is 6.08 Å². The standard InChI is InChI=1S/C43H28F2O9/c1-5-40(46)53-38-25-33(26-39(54-41(47)6-2)37(38)23-20-32-18-21-34(22-19-32)51-42(48)28(3)44)17-16-31-14-12-30(13-15-31)9-8-24-50-35-10-7-11-36(27-35)52-43(49)29(4)45/h5-15,18-19,21-22,25-27H,1-4,24H2. The van der Waals surface area contributed by atoms with Crippen LogP contribution in [0.15, 0.2) is 141 Å². The molecule has 4 aromatic rings. The van der Waals surface area contributed by atoms with Crippen molar-refractivity contribution < 1.29 is 51.6 Å². The van der Waals surface area contributed by atoms with Crippen molar-refractivity contribution in [1.82, 2.24) is 0 Å². The van der Waals surface area contributed by atoms with Gasteiger partial charge in [-0.15, -0.1) is 0 Å². The van der Waals surface area contributed by atoms with Crippen LogP contribution in [-0.2, 0) is 19.2 Å². The molecule has 0 atom stereocenters. The molecule has 0 N–H and O–H groups in total. The first-order valence-corrected chi connectivity index (χ1v) is 15.6. The summed E-state index contributed by atoms with van der Waals surface area (Å²) in [4.78, 5) is 47.4. The van der Waals surface area contributed by atoms with Crippen molar-refractivity contribution >= 4 is 30.0 Å². The van der Waals surface area contributed by atoms with Crippen LogP contribution in [0, 0.1) is 23.7 Å². The van der Waals surface area contributed by atoms with Gasteiger partial charge in [0.25, 0.3) is 0 Å². The zero-order chi connectivity index (χ0) is 39.0. The SMILES string of the molecule is C=CC(=O)Oc1cc(C#Cc2ccc(C=CCOc3cccc(OC(=O)C(=C)F)c3)cc2)cc(OC(=O)C=C)c1C#Cc1ccc(OC(=O)C(=C)F)cc1. The summed E-state index contributed by atoms with van der Waals surface area (Å²) in [6.07, 6.45) is 5.48. The molecule has 0 unspecified atom stereocenters. The molecule has 0 radical (unpaired) electrons. The Kier molecular flexibility index (Phi) is 13.7. The summed E-state index contributed by atoms with van der Waals surface area (Å²) in [5.74, 6) is 5.60. The number of benzene rings is 4. The summed E-state index contributed by atoms with van der Waals surface area (Å²) < 4.78 is 52.1. The van der Waals surface area contributed by atoms with E-state index in [4.69, 9.17) is 23.7 Å². The highest BCUT2D eigenvalue weighted by atomic mass is 19.1.